The number of hydrogen-bond acceptors (Lipinski definition) is 4. The summed E-state index contributed by atoms with van der Waals surface area (Å²) in [5.41, 5.74) is -2.10. The molecule has 0 saturated carbocycles. The monoisotopic (exact) mass is 287 g/mol. The van der Waals surface area contributed by atoms with Gasteiger partial charge in [-0.1, -0.05) is 0 Å². The van der Waals surface area contributed by atoms with E-state index in [9.17, 15) is 19.5 Å². The number of carbonyl (C=O) groups excluding carboxylic acids is 1. The van der Waals surface area contributed by atoms with Gasteiger partial charge in [0, 0.05) is 13.1 Å². The molecule has 1 unspecified atom stereocenters. The summed E-state index contributed by atoms with van der Waals surface area (Å²) in [7, 11) is 0. The summed E-state index contributed by atoms with van der Waals surface area (Å²) in [6.07, 6.45) is -0.415. The van der Waals surface area contributed by atoms with Gasteiger partial charge in [-0.2, -0.15) is 0 Å². The van der Waals surface area contributed by atoms with Crippen LogP contribution in [0.25, 0.3) is 0 Å². The van der Waals surface area contributed by atoms with E-state index >= 15 is 0 Å². The van der Waals surface area contributed by atoms with Gasteiger partial charge in [-0.25, -0.2) is 4.79 Å². The minimum atomic E-state index is -1.43. The molecular formula is C13H21NO6. The summed E-state index contributed by atoms with van der Waals surface area (Å²) in [5, 5.41) is 18.2. The second-order valence-electron chi connectivity index (χ2n) is 6.16. The molecule has 7 nitrogen and oxygen atoms in total. The van der Waals surface area contributed by atoms with Crippen LogP contribution < -0.4 is 0 Å². The molecule has 0 aromatic heterocycles. The molecule has 2 N–H and O–H groups in total. The van der Waals surface area contributed by atoms with Crippen molar-refractivity contribution < 1.29 is 29.3 Å². The molecule has 1 amide bonds. The normalized spacial score (nSPS) is 23.2. The van der Waals surface area contributed by atoms with Crippen LogP contribution in [0.2, 0.25) is 0 Å². The van der Waals surface area contributed by atoms with Crippen molar-refractivity contribution in [3.63, 3.8) is 0 Å². The number of rotatable bonds is 3. The van der Waals surface area contributed by atoms with Crippen molar-refractivity contribution in [2.24, 2.45) is 5.41 Å². The average molecular weight is 287 g/mol. The van der Waals surface area contributed by atoms with Gasteiger partial charge >= 0.3 is 18.0 Å². The highest BCUT2D eigenvalue weighted by Crippen LogP contribution is 2.34. The van der Waals surface area contributed by atoms with Crippen molar-refractivity contribution in [3.05, 3.63) is 0 Å². The zero-order valence-corrected chi connectivity index (χ0v) is 12.0. The third kappa shape index (κ3) is 4.11. The van der Waals surface area contributed by atoms with Gasteiger partial charge in [0.1, 0.15) is 5.60 Å². The van der Waals surface area contributed by atoms with E-state index in [4.69, 9.17) is 9.84 Å². The van der Waals surface area contributed by atoms with Gasteiger partial charge in [-0.05, 0) is 33.6 Å². The molecule has 0 aromatic carbocycles. The van der Waals surface area contributed by atoms with Gasteiger partial charge in [0.25, 0.3) is 0 Å². The van der Waals surface area contributed by atoms with E-state index in [1.54, 1.807) is 20.8 Å². The summed E-state index contributed by atoms with van der Waals surface area (Å²) in [4.78, 5) is 35.6. The lowest BCUT2D eigenvalue weighted by Gasteiger charge is -2.39. The van der Waals surface area contributed by atoms with Crippen LogP contribution in [0.1, 0.15) is 40.0 Å². The number of nitrogens with zero attached hydrogens (tertiary/aromatic N) is 1. The first kappa shape index (κ1) is 16.3. The van der Waals surface area contributed by atoms with Crippen molar-refractivity contribution in [1.29, 1.82) is 0 Å². The van der Waals surface area contributed by atoms with Gasteiger partial charge in [-0.15, -0.1) is 0 Å². The molecule has 0 bridgehead atoms. The van der Waals surface area contributed by atoms with Crippen LogP contribution in [-0.2, 0) is 14.3 Å². The number of carboxylic acid groups (broad SMARTS) is 2. The largest absolute Gasteiger partial charge is 0.481 e. The molecule has 1 aliphatic heterocycles. The summed E-state index contributed by atoms with van der Waals surface area (Å²) in [6, 6.07) is 0. The van der Waals surface area contributed by atoms with Gasteiger partial charge in [0.2, 0.25) is 0 Å². The lowest BCUT2D eigenvalue weighted by atomic mass is 9.77. The van der Waals surface area contributed by atoms with Crippen LogP contribution in [0.5, 0.6) is 0 Å². The molecular weight excluding hydrogens is 266 g/mol. The maximum absolute atomic E-state index is 12.0. The molecule has 0 aliphatic carbocycles. The molecule has 1 heterocycles. The van der Waals surface area contributed by atoms with E-state index in [1.807, 2.05) is 0 Å². The number of carboxylic acids is 2. The molecule has 20 heavy (non-hydrogen) atoms. The predicted molar refractivity (Wildman–Crippen MR) is 69.4 cm³/mol. The van der Waals surface area contributed by atoms with Crippen LogP contribution in [0.4, 0.5) is 4.79 Å². The maximum atomic E-state index is 12.0. The molecule has 1 aliphatic rings. The third-order valence-electron chi connectivity index (χ3n) is 3.17. The minimum Gasteiger partial charge on any atom is -0.481 e. The van der Waals surface area contributed by atoms with E-state index in [-0.39, 0.29) is 13.0 Å². The first-order chi connectivity index (χ1) is 9.06. The van der Waals surface area contributed by atoms with Crippen molar-refractivity contribution in [1.82, 2.24) is 4.90 Å². The Labute approximate surface area is 117 Å². The van der Waals surface area contributed by atoms with E-state index < -0.39 is 35.5 Å². The standard InChI is InChI=1S/C13H21NO6/c1-12(2,3)20-11(19)14-6-4-5-13(8-14,10(17)18)7-9(15)16/h4-8H2,1-3H3,(H,15,16)(H,17,18). The number of aliphatic carboxylic acids is 2. The smallest absolute Gasteiger partial charge is 0.410 e. The summed E-state index contributed by atoms with van der Waals surface area (Å²) in [5.74, 6) is -2.37. The summed E-state index contributed by atoms with van der Waals surface area (Å²) in [6.45, 7) is 5.40. The van der Waals surface area contributed by atoms with E-state index in [1.165, 1.54) is 4.90 Å². The van der Waals surface area contributed by atoms with Crippen LogP contribution in [0, 0.1) is 5.41 Å². The molecule has 0 radical (unpaired) electrons. The second-order valence-corrected chi connectivity index (χ2v) is 6.16. The number of carbonyl (C=O) groups is 3. The first-order valence-corrected chi connectivity index (χ1v) is 6.49. The van der Waals surface area contributed by atoms with E-state index in [0.29, 0.717) is 13.0 Å². The summed E-state index contributed by atoms with van der Waals surface area (Å²) >= 11 is 0. The SMILES string of the molecule is CC(C)(C)OC(=O)N1CCCC(CC(=O)O)(C(=O)O)C1. The number of amides is 1. The van der Waals surface area contributed by atoms with Crippen molar-refractivity contribution in [2.45, 2.75) is 45.6 Å². The molecule has 0 aromatic rings. The number of piperidine rings is 1. The molecule has 1 fully saturated rings. The molecule has 1 atom stereocenters. The molecule has 7 heteroatoms. The quantitative estimate of drug-likeness (QED) is 0.816. The van der Waals surface area contributed by atoms with Crippen LogP contribution in [0.15, 0.2) is 0 Å². The lowest BCUT2D eigenvalue weighted by Crippen LogP contribution is -2.51. The Morgan fingerprint density at radius 3 is 2.30 bits per heavy atom. The number of likely N-dealkylation sites (tertiary alicyclic amines) is 1. The Balaban J connectivity index is 2.85. The second kappa shape index (κ2) is 5.68. The molecule has 1 rings (SSSR count). The highest BCUT2D eigenvalue weighted by molar-refractivity contribution is 5.82. The van der Waals surface area contributed by atoms with Gasteiger partial charge in [-0.3, -0.25) is 9.59 Å². The topological polar surface area (TPSA) is 104 Å². The van der Waals surface area contributed by atoms with Crippen LogP contribution in [-0.4, -0.2) is 51.8 Å². The minimum absolute atomic E-state index is 0.135. The predicted octanol–water partition coefficient (Wildman–Crippen LogP) is 1.56. The Bertz CT molecular complexity index is 414. The third-order valence-corrected chi connectivity index (χ3v) is 3.17. The highest BCUT2D eigenvalue weighted by Gasteiger charge is 2.46. The number of ether oxygens (including phenoxy) is 1. The Kier molecular flexibility index (Phi) is 4.62. The van der Waals surface area contributed by atoms with Gasteiger partial charge < -0.3 is 19.8 Å². The van der Waals surface area contributed by atoms with Gasteiger partial charge in [0.15, 0.2) is 0 Å². The zero-order chi connectivity index (χ0) is 15.6. The van der Waals surface area contributed by atoms with Crippen molar-refractivity contribution in [3.8, 4) is 0 Å². The fourth-order valence-electron chi connectivity index (χ4n) is 2.30. The zero-order valence-electron chi connectivity index (χ0n) is 12.0. The number of hydrogen-bond donors (Lipinski definition) is 2. The van der Waals surface area contributed by atoms with Crippen molar-refractivity contribution >= 4 is 18.0 Å². The maximum Gasteiger partial charge on any atom is 0.410 e. The molecule has 0 spiro atoms. The van der Waals surface area contributed by atoms with Crippen LogP contribution >= 0.6 is 0 Å². The Morgan fingerprint density at radius 1 is 1.25 bits per heavy atom. The fraction of sp³-hybridized carbons (Fsp3) is 0.769. The van der Waals surface area contributed by atoms with Crippen molar-refractivity contribution in [2.75, 3.05) is 13.1 Å². The van der Waals surface area contributed by atoms with E-state index in [2.05, 4.69) is 0 Å². The fourth-order valence-corrected chi connectivity index (χ4v) is 2.30. The summed E-state index contributed by atoms with van der Waals surface area (Å²) < 4.78 is 5.20. The van der Waals surface area contributed by atoms with E-state index in [0.717, 1.165) is 0 Å². The lowest BCUT2D eigenvalue weighted by molar-refractivity contribution is -0.159. The highest BCUT2D eigenvalue weighted by atomic mass is 16.6. The first-order valence-electron chi connectivity index (χ1n) is 6.49. The molecule has 114 valence electrons. The Morgan fingerprint density at radius 2 is 1.85 bits per heavy atom. The average Bonchev–Trinajstić information content (AvgIpc) is 2.25. The van der Waals surface area contributed by atoms with Crippen LogP contribution in [0.3, 0.4) is 0 Å². The van der Waals surface area contributed by atoms with Gasteiger partial charge in [0.05, 0.1) is 11.8 Å². The Hall–Kier alpha value is -1.79. The molecule has 1 saturated heterocycles.